The van der Waals surface area contributed by atoms with Crippen molar-refractivity contribution in [2.75, 3.05) is 11.1 Å². The number of carbonyl (C=O) groups is 2. The van der Waals surface area contributed by atoms with Crippen LogP contribution in [0.5, 0.6) is 0 Å². The number of benzene rings is 3. The monoisotopic (exact) mass is 547 g/mol. The summed E-state index contributed by atoms with van der Waals surface area (Å²) in [7, 11) is 0. The average molecular weight is 548 g/mol. The number of aromatic nitrogens is 3. The van der Waals surface area contributed by atoms with Gasteiger partial charge in [-0.25, -0.2) is 8.78 Å². The van der Waals surface area contributed by atoms with Gasteiger partial charge in [0.15, 0.2) is 11.0 Å². The second-order valence-electron chi connectivity index (χ2n) is 7.36. The summed E-state index contributed by atoms with van der Waals surface area (Å²) in [6, 6.07) is 15.5. The first-order valence-corrected chi connectivity index (χ1v) is 12.2. The summed E-state index contributed by atoms with van der Waals surface area (Å²) >= 11 is 13.1. The fraction of sp³-hybridized carbons (Fsp3) is 0.0833. The predicted molar refractivity (Wildman–Crippen MR) is 135 cm³/mol. The van der Waals surface area contributed by atoms with Gasteiger partial charge in [-0.1, -0.05) is 35.0 Å². The zero-order chi connectivity index (χ0) is 25.7. The van der Waals surface area contributed by atoms with Crippen LogP contribution in [0.15, 0.2) is 71.9 Å². The summed E-state index contributed by atoms with van der Waals surface area (Å²) in [5.41, 5.74) is 1.23. The molecule has 0 atom stereocenters. The van der Waals surface area contributed by atoms with E-state index < -0.39 is 17.5 Å². The number of thioether (sulfide) groups is 1. The number of hydrogen-bond acceptors (Lipinski definition) is 5. The summed E-state index contributed by atoms with van der Waals surface area (Å²) < 4.78 is 28.2. The molecule has 0 spiro atoms. The topological polar surface area (TPSA) is 88.9 Å². The summed E-state index contributed by atoms with van der Waals surface area (Å²) in [5, 5.41) is 14.6. The van der Waals surface area contributed by atoms with E-state index in [1.807, 2.05) is 0 Å². The SMILES string of the molecule is O=C(CSc1nnc(CNC(=O)c2ccc(Cl)cc2Cl)n1-c1ccc(F)cc1)Nc1ccc(F)cc1. The fourth-order valence-corrected chi connectivity index (χ4v) is 4.41. The number of halogens is 4. The minimum absolute atomic E-state index is 0.0233. The Kier molecular flexibility index (Phi) is 8.19. The maximum atomic E-state index is 13.5. The largest absolute Gasteiger partial charge is 0.345 e. The smallest absolute Gasteiger partial charge is 0.253 e. The molecule has 184 valence electrons. The van der Waals surface area contributed by atoms with E-state index in [9.17, 15) is 18.4 Å². The first-order valence-electron chi connectivity index (χ1n) is 10.4. The van der Waals surface area contributed by atoms with Crippen molar-refractivity contribution in [2.24, 2.45) is 0 Å². The second kappa shape index (κ2) is 11.5. The van der Waals surface area contributed by atoms with E-state index in [0.29, 0.717) is 27.4 Å². The molecule has 0 radical (unpaired) electrons. The van der Waals surface area contributed by atoms with E-state index in [1.165, 1.54) is 60.7 Å². The van der Waals surface area contributed by atoms with Crippen LogP contribution in [0.1, 0.15) is 16.2 Å². The number of anilines is 1. The molecule has 0 fully saturated rings. The predicted octanol–water partition coefficient (Wildman–Crippen LogP) is 5.51. The molecule has 4 aromatic rings. The third kappa shape index (κ3) is 6.39. The van der Waals surface area contributed by atoms with Gasteiger partial charge in [-0.15, -0.1) is 10.2 Å². The molecule has 0 aliphatic rings. The van der Waals surface area contributed by atoms with Gasteiger partial charge in [-0.05, 0) is 66.7 Å². The molecule has 2 amide bonds. The second-order valence-corrected chi connectivity index (χ2v) is 9.15. The molecular weight excluding hydrogens is 531 g/mol. The number of carbonyl (C=O) groups excluding carboxylic acids is 2. The molecule has 1 heterocycles. The normalized spacial score (nSPS) is 10.8. The Hall–Kier alpha value is -3.47. The number of nitrogens with one attached hydrogen (secondary N) is 2. The summed E-state index contributed by atoms with van der Waals surface area (Å²) in [6.07, 6.45) is 0. The van der Waals surface area contributed by atoms with E-state index in [4.69, 9.17) is 23.2 Å². The maximum absolute atomic E-state index is 13.5. The van der Waals surface area contributed by atoms with Crippen LogP contribution in [0.25, 0.3) is 5.69 Å². The number of hydrogen-bond donors (Lipinski definition) is 2. The molecule has 0 aliphatic carbocycles. The molecule has 0 unspecified atom stereocenters. The third-order valence-electron chi connectivity index (χ3n) is 4.83. The van der Waals surface area contributed by atoms with Gasteiger partial charge >= 0.3 is 0 Å². The summed E-state index contributed by atoms with van der Waals surface area (Å²) in [5.74, 6) is -1.30. The quantitative estimate of drug-likeness (QED) is 0.284. The van der Waals surface area contributed by atoms with Gasteiger partial charge < -0.3 is 10.6 Å². The Morgan fingerprint density at radius 2 is 1.58 bits per heavy atom. The number of nitrogens with zero attached hydrogens (tertiary/aromatic N) is 3. The Balaban J connectivity index is 1.50. The molecule has 1 aromatic heterocycles. The van der Waals surface area contributed by atoms with E-state index >= 15 is 0 Å². The van der Waals surface area contributed by atoms with Crippen LogP contribution in [0, 0.1) is 11.6 Å². The Bertz CT molecular complexity index is 1400. The van der Waals surface area contributed by atoms with Gasteiger partial charge in [0.2, 0.25) is 5.91 Å². The van der Waals surface area contributed by atoms with E-state index in [-0.39, 0.29) is 28.8 Å². The van der Waals surface area contributed by atoms with Crippen LogP contribution in [-0.2, 0) is 11.3 Å². The molecule has 3 aromatic carbocycles. The highest BCUT2D eigenvalue weighted by Crippen LogP contribution is 2.24. The Morgan fingerprint density at radius 1 is 0.917 bits per heavy atom. The molecule has 0 bridgehead atoms. The number of amides is 2. The van der Waals surface area contributed by atoms with Crippen molar-refractivity contribution >= 4 is 52.5 Å². The standard InChI is InChI=1S/C24H17Cl2F2N5O2S/c25-14-1-10-19(20(26)11-14)23(35)29-12-21-31-32-24(33(21)18-8-4-16(28)5-9-18)36-13-22(34)30-17-6-2-15(27)3-7-17/h1-11H,12-13H2,(H,29,35)(H,30,34). The molecular formula is C24H17Cl2F2N5O2S. The Morgan fingerprint density at radius 3 is 2.25 bits per heavy atom. The fourth-order valence-electron chi connectivity index (χ4n) is 3.15. The Labute approximate surface area is 218 Å². The molecule has 12 heteroatoms. The third-order valence-corrected chi connectivity index (χ3v) is 6.31. The molecule has 0 aliphatic heterocycles. The molecule has 2 N–H and O–H groups in total. The molecule has 36 heavy (non-hydrogen) atoms. The van der Waals surface area contributed by atoms with Gasteiger partial charge in [0.25, 0.3) is 5.91 Å². The van der Waals surface area contributed by atoms with Gasteiger partial charge in [-0.3, -0.25) is 14.2 Å². The lowest BCUT2D eigenvalue weighted by Crippen LogP contribution is -2.25. The average Bonchev–Trinajstić information content (AvgIpc) is 3.26. The van der Waals surface area contributed by atoms with Gasteiger partial charge in [0.1, 0.15) is 11.6 Å². The zero-order valence-corrected chi connectivity index (χ0v) is 20.7. The van der Waals surface area contributed by atoms with Crippen LogP contribution in [0.3, 0.4) is 0 Å². The molecule has 0 saturated heterocycles. The van der Waals surface area contributed by atoms with Crippen molar-refractivity contribution < 1.29 is 18.4 Å². The van der Waals surface area contributed by atoms with Gasteiger partial charge in [-0.2, -0.15) is 0 Å². The maximum Gasteiger partial charge on any atom is 0.253 e. The summed E-state index contributed by atoms with van der Waals surface area (Å²) in [4.78, 5) is 25.0. The lowest BCUT2D eigenvalue weighted by atomic mass is 10.2. The molecule has 4 rings (SSSR count). The van der Waals surface area contributed by atoms with Crippen molar-refractivity contribution in [2.45, 2.75) is 11.7 Å². The molecule has 0 saturated carbocycles. The minimum atomic E-state index is -0.446. The van der Waals surface area contributed by atoms with Crippen molar-refractivity contribution in [3.63, 3.8) is 0 Å². The van der Waals surface area contributed by atoms with Crippen LogP contribution < -0.4 is 10.6 Å². The zero-order valence-electron chi connectivity index (χ0n) is 18.3. The van der Waals surface area contributed by atoms with Crippen LogP contribution >= 0.6 is 35.0 Å². The van der Waals surface area contributed by atoms with Crippen molar-refractivity contribution in [3.05, 3.63) is 99.8 Å². The van der Waals surface area contributed by atoms with Crippen molar-refractivity contribution in [1.29, 1.82) is 0 Å². The number of rotatable bonds is 8. The van der Waals surface area contributed by atoms with Crippen LogP contribution in [0.2, 0.25) is 10.0 Å². The van der Waals surface area contributed by atoms with Crippen molar-refractivity contribution in [1.82, 2.24) is 20.1 Å². The highest BCUT2D eigenvalue weighted by atomic mass is 35.5. The van der Waals surface area contributed by atoms with Crippen molar-refractivity contribution in [3.8, 4) is 5.69 Å². The first kappa shape index (κ1) is 25.6. The minimum Gasteiger partial charge on any atom is -0.345 e. The van der Waals surface area contributed by atoms with E-state index in [0.717, 1.165) is 11.8 Å². The van der Waals surface area contributed by atoms with Gasteiger partial charge in [0.05, 0.1) is 22.9 Å². The summed E-state index contributed by atoms with van der Waals surface area (Å²) in [6.45, 7) is -0.0233. The van der Waals surface area contributed by atoms with Crippen LogP contribution in [0.4, 0.5) is 14.5 Å². The van der Waals surface area contributed by atoms with E-state index in [2.05, 4.69) is 20.8 Å². The first-order chi connectivity index (χ1) is 17.3. The van der Waals surface area contributed by atoms with Gasteiger partial charge in [0, 0.05) is 16.4 Å². The van der Waals surface area contributed by atoms with E-state index in [1.54, 1.807) is 10.6 Å². The molecule has 7 nitrogen and oxygen atoms in total. The lowest BCUT2D eigenvalue weighted by molar-refractivity contribution is -0.113. The van der Waals surface area contributed by atoms with Crippen LogP contribution in [-0.4, -0.2) is 32.3 Å². The highest BCUT2D eigenvalue weighted by molar-refractivity contribution is 7.99. The highest BCUT2D eigenvalue weighted by Gasteiger charge is 2.18. The lowest BCUT2D eigenvalue weighted by Gasteiger charge is -2.12.